The van der Waals surface area contributed by atoms with Gasteiger partial charge in [0.2, 0.25) is 0 Å². The topological polar surface area (TPSA) is 68.7 Å². The molecule has 0 fully saturated rings. The van der Waals surface area contributed by atoms with Gasteiger partial charge in [-0.05, 0) is 50.5 Å². The molecule has 194 valence electrons. The monoisotopic (exact) mass is 517 g/mol. The van der Waals surface area contributed by atoms with Crippen LogP contribution in [0.3, 0.4) is 0 Å². The van der Waals surface area contributed by atoms with Crippen molar-refractivity contribution in [1.82, 2.24) is 4.98 Å². The highest BCUT2D eigenvalue weighted by Crippen LogP contribution is 2.38. The Labute approximate surface area is 215 Å². The number of nitrogens with zero attached hydrogens (tertiary/aromatic N) is 1. The van der Waals surface area contributed by atoms with Gasteiger partial charge < -0.3 is 14.6 Å². The second-order valence-corrected chi connectivity index (χ2v) is 11.0. The zero-order valence-electron chi connectivity index (χ0n) is 21.7. The maximum atomic E-state index is 13.6. The van der Waals surface area contributed by atoms with Crippen molar-refractivity contribution < 1.29 is 28.2 Å². The van der Waals surface area contributed by atoms with E-state index in [1.165, 1.54) is 26.0 Å². The van der Waals surface area contributed by atoms with E-state index >= 15 is 0 Å². The molecule has 1 unspecified atom stereocenters. The molecule has 5 nitrogen and oxygen atoms in total. The van der Waals surface area contributed by atoms with Crippen LogP contribution in [0.15, 0.2) is 42.5 Å². The van der Waals surface area contributed by atoms with Crippen molar-refractivity contribution in [3.05, 3.63) is 64.2 Å². The molecule has 0 spiro atoms. The van der Waals surface area contributed by atoms with Crippen molar-refractivity contribution in [1.29, 1.82) is 0 Å². The smallest absolute Gasteiger partial charge is 0.347 e. The molecule has 1 atom stereocenters. The molecule has 1 aromatic heterocycles. The van der Waals surface area contributed by atoms with Gasteiger partial charge in [-0.15, -0.1) is 11.3 Å². The first-order valence-corrected chi connectivity index (χ1v) is 12.7. The number of carbonyl (C=O) groups is 1. The molecule has 0 aliphatic heterocycles. The lowest BCUT2D eigenvalue weighted by Gasteiger charge is -2.23. The Morgan fingerprint density at radius 1 is 1.08 bits per heavy atom. The molecule has 0 aliphatic carbocycles. The predicted molar refractivity (Wildman–Crippen MR) is 139 cm³/mol. The van der Waals surface area contributed by atoms with Gasteiger partial charge in [0, 0.05) is 28.8 Å². The number of aliphatic carboxylic acids is 1. The van der Waals surface area contributed by atoms with Crippen LogP contribution in [0.2, 0.25) is 0 Å². The lowest BCUT2D eigenvalue weighted by atomic mass is 10.0. The second kappa shape index (κ2) is 10.5. The summed E-state index contributed by atoms with van der Waals surface area (Å²) >= 11 is 1.56. The van der Waals surface area contributed by atoms with E-state index in [2.05, 4.69) is 20.8 Å². The summed E-state index contributed by atoms with van der Waals surface area (Å²) in [5, 5.41) is 10.1. The molecule has 0 saturated carbocycles. The van der Waals surface area contributed by atoms with E-state index in [1.807, 2.05) is 13.0 Å². The van der Waals surface area contributed by atoms with Crippen LogP contribution in [0.1, 0.15) is 75.1 Å². The maximum Gasteiger partial charge on any atom is 0.347 e. The highest BCUT2D eigenvalue weighted by Gasteiger charge is 2.30. The van der Waals surface area contributed by atoms with Gasteiger partial charge in [-0.1, -0.05) is 45.0 Å². The van der Waals surface area contributed by atoms with Gasteiger partial charge in [0.1, 0.15) is 16.5 Å². The standard InChI is InChI=1S/C28H33F2NO4S/c1-16(2)23-24(36-25(31-23)19-8-10-20(11-9-19)28(7,29)30)18(4)15-34-21-12-13-22(17(3)14-21)35-27(5,6)26(32)33/h8-14,16,18H,15H2,1-7H3,(H,32,33). The molecular formula is C28H33F2NO4S. The van der Waals surface area contributed by atoms with E-state index in [9.17, 15) is 18.7 Å². The van der Waals surface area contributed by atoms with Gasteiger partial charge in [-0.2, -0.15) is 0 Å². The zero-order chi connectivity index (χ0) is 26.8. The van der Waals surface area contributed by atoms with Crippen LogP contribution < -0.4 is 9.47 Å². The van der Waals surface area contributed by atoms with Crippen LogP contribution in [-0.2, 0) is 10.7 Å². The van der Waals surface area contributed by atoms with E-state index in [0.717, 1.165) is 33.6 Å². The SMILES string of the molecule is Cc1cc(OCC(C)c2sc(-c3ccc(C(C)(F)F)cc3)nc2C(C)C)ccc1OC(C)(C)C(=O)O. The largest absolute Gasteiger partial charge is 0.493 e. The number of aryl methyl sites for hydroxylation is 1. The van der Waals surface area contributed by atoms with Crippen LogP contribution in [-0.4, -0.2) is 28.3 Å². The summed E-state index contributed by atoms with van der Waals surface area (Å²) in [6, 6.07) is 11.6. The number of halogens is 2. The third-order valence-electron chi connectivity index (χ3n) is 5.84. The molecule has 1 N–H and O–H groups in total. The molecule has 3 rings (SSSR count). The summed E-state index contributed by atoms with van der Waals surface area (Å²) in [5.74, 6) is -2.52. The molecule has 0 radical (unpaired) electrons. The third kappa shape index (κ3) is 6.40. The summed E-state index contributed by atoms with van der Waals surface area (Å²) in [4.78, 5) is 17.3. The fourth-order valence-electron chi connectivity index (χ4n) is 3.58. The number of hydrogen-bond acceptors (Lipinski definition) is 5. The first kappa shape index (κ1) is 27.6. The predicted octanol–water partition coefficient (Wildman–Crippen LogP) is 7.78. The van der Waals surface area contributed by atoms with E-state index in [1.54, 1.807) is 35.6 Å². The molecule has 36 heavy (non-hydrogen) atoms. The van der Waals surface area contributed by atoms with Crippen LogP contribution in [0.4, 0.5) is 8.78 Å². The van der Waals surface area contributed by atoms with Crippen molar-refractivity contribution in [3.63, 3.8) is 0 Å². The van der Waals surface area contributed by atoms with Gasteiger partial charge in [0.15, 0.2) is 5.60 Å². The Hall–Kier alpha value is -3.00. The normalized spacial score (nSPS) is 13.1. The Morgan fingerprint density at radius 3 is 2.25 bits per heavy atom. The van der Waals surface area contributed by atoms with Gasteiger partial charge in [-0.3, -0.25) is 0 Å². The number of ether oxygens (including phenoxy) is 2. The number of benzene rings is 2. The lowest BCUT2D eigenvalue weighted by molar-refractivity contribution is -0.152. The molecule has 3 aromatic rings. The minimum atomic E-state index is -2.88. The van der Waals surface area contributed by atoms with Crippen molar-refractivity contribution in [3.8, 4) is 22.1 Å². The summed E-state index contributed by atoms with van der Waals surface area (Å²) in [6.07, 6.45) is 0. The fraction of sp³-hybridized carbons (Fsp3) is 0.429. The summed E-state index contributed by atoms with van der Waals surface area (Å²) in [6.45, 7) is 12.4. The Kier molecular flexibility index (Phi) is 8.08. The van der Waals surface area contributed by atoms with Crippen molar-refractivity contribution >= 4 is 17.3 Å². The van der Waals surface area contributed by atoms with E-state index in [4.69, 9.17) is 14.5 Å². The molecule has 0 aliphatic rings. The highest BCUT2D eigenvalue weighted by atomic mass is 32.1. The Bertz CT molecular complexity index is 1210. The highest BCUT2D eigenvalue weighted by molar-refractivity contribution is 7.15. The number of carboxylic acids is 1. The van der Waals surface area contributed by atoms with E-state index < -0.39 is 17.5 Å². The molecule has 0 amide bonds. The molecule has 2 aromatic carbocycles. The fourth-order valence-corrected chi connectivity index (χ4v) is 4.84. The van der Waals surface area contributed by atoms with Gasteiger partial charge in [0.05, 0.1) is 12.3 Å². The minimum absolute atomic E-state index is 0.0212. The van der Waals surface area contributed by atoms with E-state index in [0.29, 0.717) is 18.1 Å². The maximum absolute atomic E-state index is 13.6. The van der Waals surface area contributed by atoms with Crippen molar-refractivity contribution in [2.45, 2.75) is 71.8 Å². The molecule has 8 heteroatoms. The summed E-state index contributed by atoms with van der Waals surface area (Å²) in [5.41, 5.74) is 1.21. The van der Waals surface area contributed by atoms with Crippen molar-refractivity contribution in [2.24, 2.45) is 0 Å². The van der Waals surface area contributed by atoms with Crippen LogP contribution in [0, 0.1) is 6.92 Å². The zero-order valence-corrected chi connectivity index (χ0v) is 22.5. The van der Waals surface area contributed by atoms with Gasteiger partial charge in [-0.25, -0.2) is 18.6 Å². The minimum Gasteiger partial charge on any atom is -0.493 e. The Morgan fingerprint density at radius 2 is 1.72 bits per heavy atom. The number of alkyl halides is 2. The number of hydrogen-bond donors (Lipinski definition) is 1. The quantitative estimate of drug-likeness (QED) is 0.297. The van der Waals surface area contributed by atoms with Gasteiger partial charge in [0.25, 0.3) is 5.92 Å². The number of aromatic nitrogens is 1. The second-order valence-electron chi connectivity index (χ2n) is 9.95. The molecule has 0 bridgehead atoms. The molecule has 0 saturated heterocycles. The summed E-state index contributed by atoms with van der Waals surface area (Å²) in [7, 11) is 0. The van der Waals surface area contributed by atoms with Crippen LogP contribution >= 0.6 is 11.3 Å². The van der Waals surface area contributed by atoms with E-state index in [-0.39, 0.29) is 17.4 Å². The average molecular weight is 518 g/mol. The average Bonchev–Trinajstić information content (AvgIpc) is 3.24. The van der Waals surface area contributed by atoms with Crippen LogP contribution in [0.25, 0.3) is 10.6 Å². The summed E-state index contributed by atoms with van der Waals surface area (Å²) < 4.78 is 38.9. The first-order chi connectivity index (χ1) is 16.7. The lowest BCUT2D eigenvalue weighted by Crippen LogP contribution is -2.38. The number of carboxylic acid groups (broad SMARTS) is 1. The van der Waals surface area contributed by atoms with Crippen LogP contribution in [0.5, 0.6) is 11.5 Å². The third-order valence-corrected chi connectivity index (χ3v) is 7.19. The molecular weight excluding hydrogens is 484 g/mol. The Balaban J connectivity index is 1.75. The number of thiazole rings is 1. The first-order valence-electron chi connectivity index (χ1n) is 11.8. The van der Waals surface area contributed by atoms with Gasteiger partial charge >= 0.3 is 5.97 Å². The molecule has 1 heterocycles. The van der Waals surface area contributed by atoms with Crippen molar-refractivity contribution in [2.75, 3.05) is 6.61 Å². The number of rotatable bonds is 10.